The van der Waals surface area contributed by atoms with Gasteiger partial charge in [0.2, 0.25) is 5.76 Å². The standard InChI is InChI=1S/C20H17N3O5S/c24-19(17-12-25-4-5-28-17)23(11-13-2-1-3-21-10-13)20-22-14-8-15-16(9-18(14)29-20)27-7-6-26-15/h1-3,8-10,12H,4-7,11H2. The first-order chi connectivity index (χ1) is 14.3. The molecule has 1 aromatic carbocycles. The van der Waals surface area contributed by atoms with Gasteiger partial charge in [-0.05, 0) is 11.6 Å². The Morgan fingerprint density at radius 2 is 1.93 bits per heavy atom. The fourth-order valence-corrected chi connectivity index (χ4v) is 4.06. The summed E-state index contributed by atoms with van der Waals surface area (Å²) >= 11 is 1.40. The molecule has 0 radical (unpaired) electrons. The Bertz CT molecular complexity index is 1040. The van der Waals surface area contributed by atoms with E-state index in [4.69, 9.17) is 18.9 Å². The molecule has 5 rings (SSSR count). The van der Waals surface area contributed by atoms with Crippen LogP contribution >= 0.6 is 11.3 Å². The summed E-state index contributed by atoms with van der Waals surface area (Å²) < 4.78 is 23.0. The fourth-order valence-electron chi connectivity index (χ4n) is 3.08. The molecule has 8 nitrogen and oxygen atoms in total. The zero-order valence-electron chi connectivity index (χ0n) is 15.4. The van der Waals surface area contributed by atoms with Gasteiger partial charge < -0.3 is 18.9 Å². The van der Waals surface area contributed by atoms with Crippen LogP contribution in [0.4, 0.5) is 5.13 Å². The molecule has 2 aliphatic rings. The third-order valence-corrected chi connectivity index (χ3v) is 5.48. The van der Waals surface area contributed by atoms with Gasteiger partial charge in [-0.3, -0.25) is 14.7 Å². The van der Waals surface area contributed by atoms with E-state index in [9.17, 15) is 4.79 Å². The van der Waals surface area contributed by atoms with Crippen LogP contribution in [0.25, 0.3) is 10.2 Å². The SMILES string of the molecule is O=C(C1=COCCO1)N(Cc1cccnc1)c1nc2cc3c(cc2s1)OCCO3. The molecule has 0 unspecified atom stereocenters. The molecule has 3 aromatic rings. The summed E-state index contributed by atoms with van der Waals surface area (Å²) in [6, 6.07) is 7.49. The molecule has 1 amide bonds. The van der Waals surface area contributed by atoms with E-state index in [1.54, 1.807) is 17.3 Å². The second-order valence-corrected chi connectivity index (χ2v) is 7.42. The van der Waals surface area contributed by atoms with E-state index in [-0.39, 0.29) is 11.7 Å². The number of hydrogen-bond acceptors (Lipinski definition) is 8. The molecule has 0 saturated carbocycles. The average molecular weight is 411 g/mol. The monoisotopic (exact) mass is 411 g/mol. The van der Waals surface area contributed by atoms with Crippen LogP contribution in [-0.4, -0.2) is 42.3 Å². The molecule has 0 fully saturated rings. The maximum atomic E-state index is 13.2. The first-order valence-electron chi connectivity index (χ1n) is 9.13. The van der Waals surface area contributed by atoms with Crippen LogP contribution in [0.2, 0.25) is 0 Å². The van der Waals surface area contributed by atoms with Gasteiger partial charge in [-0.15, -0.1) is 0 Å². The van der Waals surface area contributed by atoms with Gasteiger partial charge in [0.15, 0.2) is 16.6 Å². The second kappa shape index (κ2) is 7.59. The van der Waals surface area contributed by atoms with Gasteiger partial charge in [0, 0.05) is 24.5 Å². The van der Waals surface area contributed by atoms with Crippen LogP contribution in [-0.2, 0) is 20.8 Å². The summed E-state index contributed by atoms with van der Waals surface area (Å²) in [6.07, 6.45) is 4.77. The van der Waals surface area contributed by atoms with Crippen molar-refractivity contribution in [1.82, 2.24) is 9.97 Å². The topological polar surface area (TPSA) is 83.0 Å². The zero-order chi connectivity index (χ0) is 19.6. The zero-order valence-corrected chi connectivity index (χ0v) is 16.2. The molecule has 2 aliphatic heterocycles. The van der Waals surface area contributed by atoms with Crippen molar-refractivity contribution in [2.45, 2.75) is 6.54 Å². The number of carbonyl (C=O) groups is 1. The normalized spacial score (nSPS) is 15.2. The van der Waals surface area contributed by atoms with Gasteiger partial charge in [-0.2, -0.15) is 0 Å². The van der Waals surface area contributed by atoms with Gasteiger partial charge in [-0.25, -0.2) is 4.98 Å². The third kappa shape index (κ3) is 3.56. The molecular formula is C20H17N3O5S. The predicted molar refractivity (Wildman–Crippen MR) is 106 cm³/mol. The van der Waals surface area contributed by atoms with Gasteiger partial charge in [-0.1, -0.05) is 17.4 Å². The Hall–Kier alpha value is -3.33. The predicted octanol–water partition coefficient (Wildman–Crippen LogP) is 2.88. The molecule has 9 heteroatoms. The number of rotatable bonds is 4. The number of aromatic nitrogens is 2. The minimum Gasteiger partial charge on any atom is -0.494 e. The average Bonchev–Trinajstić information content (AvgIpc) is 3.19. The maximum Gasteiger partial charge on any atom is 0.298 e. The molecule has 29 heavy (non-hydrogen) atoms. The number of pyridine rings is 1. The number of ether oxygens (including phenoxy) is 4. The van der Waals surface area contributed by atoms with E-state index in [1.807, 2.05) is 24.3 Å². The van der Waals surface area contributed by atoms with Crippen LogP contribution in [0, 0.1) is 0 Å². The number of anilines is 1. The maximum absolute atomic E-state index is 13.2. The molecule has 0 atom stereocenters. The van der Waals surface area contributed by atoms with Gasteiger partial charge in [0.05, 0.1) is 16.8 Å². The lowest BCUT2D eigenvalue weighted by Gasteiger charge is -2.23. The number of carbonyl (C=O) groups excluding carboxylic acids is 1. The summed E-state index contributed by atoms with van der Waals surface area (Å²) in [6.45, 7) is 2.08. The van der Waals surface area contributed by atoms with Gasteiger partial charge >= 0.3 is 0 Å². The second-order valence-electron chi connectivity index (χ2n) is 6.41. The minimum absolute atomic E-state index is 0.158. The molecule has 4 heterocycles. The lowest BCUT2D eigenvalue weighted by atomic mass is 10.2. The molecule has 0 saturated heterocycles. The summed E-state index contributed by atoms with van der Waals surface area (Å²) in [5.41, 5.74) is 1.62. The highest BCUT2D eigenvalue weighted by Crippen LogP contribution is 2.39. The molecule has 0 bridgehead atoms. The highest BCUT2D eigenvalue weighted by atomic mass is 32.1. The van der Waals surface area contributed by atoms with Crippen molar-refractivity contribution in [1.29, 1.82) is 0 Å². The van der Waals surface area contributed by atoms with E-state index in [0.29, 0.717) is 49.6 Å². The lowest BCUT2D eigenvalue weighted by molar-refractivity contribution is -0.119. The molecule has 2 aromatic heterocycles. The molecule has 148 valence electrons. The first kappa shape index (κ1) is 17.7. The lowest BCUT2D eigenvalue weighted by Crippen LogP contribution is -2.33. The van der Waals surface area contributed by atoms with E-state index >= 15 is 0 Å². The smallest absolute Gasteiger partial charge is 0.298 e. The van der Waals surface area contributed by atoms with Crippen molar-refractivity contribution in [3.63, 3.8) is 0 Å². The van der Waals surface area contributed by atoms with Crippen molar-refractivity contribution in [3.8, 4) is 11.5 Å². The number of hydrogen-bond donors (Lipinski definition) is 0. The molecule has 0 aliphatic carbocycles. The van der Waals surface area contributed by atoms with Crippen LogP contribution in [0.3, 0.4) is 0 Å². The highest BCUT2D eigenvalue weighted by molar-refractivity contribution is 7.22. The van der Waals surface area contributed by atoms with Gasteiger partial charge in [0.25, 0.3) is 5.91 Å². The number of fused-ring (bicyclic) bond motifs is 2. The molecular weight excluding hydrogens is 394 g/mol. The van der Waals surface area contributed by atoms with E-state index < -0.39 is 0 Å². The Kier molecular flexibility index (Phi) is 4.65. The largest absolute Gasteiger partial charge is 0.494 e. The number of thiazole rings is 1. The highest BCUT2D eigenvalue weighted by Gasteiger charge is 2.27. The van der Waals surface area contributed by atoms with Crippen LogP contribution in [0.5, 0.6) is 11.5 Å². The fraction of sp³-hybridized carbons (Fsp3) is 0.250. The van der Waals surface area contributed by atoms with Crippen molar-refractivity contribution in [2.75, 3.05) is 31.3 Å². The summed E-state index contributed by atoms with van der Waals surface area (Å²) in [4.78, 5) is 23.6. The summed E-state index contributed by atoms with van der Waals surface area (Å²) in [7, 11) is 0. The Morgan fingerprint density at radius 1 is 1.10 bits per heavy atom. The Balaban J connectivity index is 1.54. The van der Waals surface area contributed by atoms with Crippen molar-refractivity contribution in [2.24, 2.45) is 0 Å². The number of nitrogens with zero attached hydrogens (tertiary/aromatic N) is 3. The Labute approximate surface area is 170 Å². The van der Waals surface area contributed by atoms with Crippen molar-refractivity contribution in [3.05, 3.63) is 54.2 Å². The van der Waals surface area contributed by atoms with Gasteiger partial charge in [0.1, 0.15) is 32.7 Å². The Morgan fingerprint density at radius 3 is 2.69 bits per heavy atom. The van der Waals surface area contributed by atoms with Crippen molar-refractivity contribution < 1.29 is 23.7 Å². The third-order valence-electron chi connectivity index (χ3n) is 4.44. The number of benzene rings is 1. The summed E-state index contributed by atoms with van der Waals surface area (Å²) in [5, 5.41) is 0.547. The van der Waals surface area contributed by atoms with Crippen molar-refractivity contribution >= 4 is 32.6 Å². The first-order valence-corrected chi connectivity index (χ1v) is 9.95. The molecule has 0 N–H and O–H groups in total. The quantitative estimate of drug-likeness (QED) is 0.653. The van der Waals surface area contributed by atoms with E-state index in [2.05, 4.69) is 9.97 Å². The van der Waals surface area contributed by atoms with Crippen LogP contribution in [0.15, 0.2) is 48.7 Å². The van der Waals surface area contributed by atoms with E-state index in [0.717, 1.165) is 15.8 Å². The minimum atomic E-state index is -0.315. The van der Waals surface area contributed by atoms with Crippen LogP contribution < -0.4 is 14.4 Å². The number of amides is 1. The molecule has 0 spiro atoms. The summed E-state index contributed by atoms with van der Waals surface area (Å²) in [5.74, 6) is 1.20. The van der Waals surface area contributed by atoms with E-state index in [1.165, 1.54) is 17.6 Å². The van der Waals surface area contributed by atoms with Crippen LogP contribution in [0.1, 0.15) is 5.56 Å².